The van der Waals surface area contributed by atoms with Crippen molar-refractivity contribution in [2.75, 3.05) is 19.7 Å². The standard InChI is InChI=1S/C18H29N3O2/c1-15-5-2-3-11-21(15)14-17-8-6-16(7-9-17)13-20-18(23)19-10-4-12-22/h6-9,15,22H,2-5,10-14H2,1H3,(H2,19,20,23). The molecule has 1 aromatic rings. The number of carbonyl (C=O) groups is 1. The summed E-state index contributed by atoms with van der Waals surface area (Å²) >= 11 is 0. The number of piperidine rings is 1. The van der Waals surface area contributed by atoms with E-state index in [0.717, 1.165) is 12.1 Å². The molecule has 5 nitrogen and oxygen atoms in total. The smallest absolute Gasteiger partial charge is 0.315 e. The molecular weight excluding hydrogens is 290 g/mol. The second kappa shape index (κ2) is 9.53. The van der Waals surface area contributed by atoms with Gasteiger partial charge in [-0.3, -0.25) is 4.90 Å². The van der Waals surface area contributed by atoms with Crippen molar-refractivity contribution >= 4 is 6.03 Å². The van der Waals surface area contributed by atoms with Crippen molar-refractivity contribution < 1.29 is 9.90 Å². The van der Waals surface area contributed by atoms with Crippen molar-refractivity contribution in [1.29, 1.82) is 0 Å². The van der Waals surface area contributed by atoms with E-state index in [2.05, 4.69) is 46.7 Å². The predicted octanol–water partition coefficient (Wildman–Crippen LogP) is 2.24. The molecule has 5 heteroatoms. The third-order valence-electron chi connectivity index (χ3n) is 4.42. The van der Waals surface area contributed by atoms with Gasteiger partial charge in [0.2, 0.25) is 0 Å². The number of amides is 2. The second-order valence-electron chi connectivity index (χ2n) is 6.32. The molecule has 1 atom stereocenters. The molecule has 1 fully saturated rings. The highest BCUT2D eigenvalue weighted by Gasteiger charge is 2.17. The van der Waals surface area contributed by atoms with Gasteiger partial charge in [0.1, 0.15) is 0 Å². The van der Waals surface area contributed by atoms with E-state index in [0.29, 0.717) is 25.6 Å². The number of hydrogen-bond donors (Lipinski definition) is 3. The Morgan fingerprint density at radius 3 is 2.65 bits per heavy atom. The number of likely N-dealkylation sites (tertiary alicyclic amines) is 1. The van der Waals surface area contributed by atoms with Crippen LogP contribution in [0.5, 0.6) is 0 Å². The lowest BCUT2D eigenvalue weighted by Gasteiger charge is -2.33. The highest BCUT2D eigenvalue weighted by atomic mass is 16.3. The average Bonchev–Trinajstić information content (AvgIpc) is 2.56. The van der Waals surface area contributed by atoms with E-state index >= 15 is 0 Å². The van der Waals surface area contributed by atoms with Crippen LogP contribution in [0.4, 0.5) is 4.79 Å². The van der Waals surface area contributed by atoms with E-state index in [-0.39, 0.29) is 12.6 Å². The maximum absolute atomic E-state index is 11.5. The number of hydrogen-bond acceptors (Lipinski definition) is 3. The van der Waals surface area contributed by atoms with Crippen LogP contribution >= 0.6 is 0 Å². The first-order valence-corrected chi connectivity index (χ1v) is 8.63. The van der Waals surface area contributed by atoms with Gasteiger partial charge in [-0.2, -0.15) is 0 Å². The van der Waals surface area contributed by atoms with Crippen LogP contribution in [0.3, 0.4) is 0 Å². The summed E-state index contributed by atoms with van der Waals surface area (Å²) < 4.78 is 0. The SMILES string of the molecule is CC1CCCCN1Cc1ccc(CNC(=O)NCCCO)cc1. The first-order valence-electron chi connectivity index (χ1n) is 8.63. The molecule has 128 valence electrons. The van der Waals surface area contributed by atoms with Gasteiger partial charge in [-0.05, 0) is 43.9 Å². The Balaban J connectivity index is 1.74. The molecule has 23 heavy (non-hydrogen) atoms. The van der Waals surface area contributed by atoms with Crippen molar-refractivity contribution in [2.24, 2.45) is 0 Å². The highest BCUT2D eigenvalue weighted by molar-refractivity contribution is 5.73. The van der Waals surface area contributed by atoms with Gasteiger partial charge >= 0.3 is 6.03 Å². The van der Waals surface area contributed by atoms with Crippen LogP contribution in [0.2, 0.25) is 0 Å². The Kier molecular flexibility index (Phi) is 7.36. The maximum atomic E-state index is 11.5. The van der Waals surface area contributed by atoms with Crippen molar-refractivity contribution in [1.82, 2.24) is 15.5 Å². The molecule has 3 N–H and O–H groups in total. The van der Waals surface area contributed by atoms with Crippen molar-refractivity contribution in [3.63, 3.8) is 0 Å². The van der Waals surface area contributed by atoms with Crippen molar-refractivity contribution in [3.05, 3.63) is 35.4 Å². The number of nitrogens with one attached hydrogen (secondary N) is 2. The topological polar surface area (TPSA) is 64.6 Å². The van der Waals surface area contributed by atoms with Crippen LogP contribution < -0.4 is 10.6 Å². The zero-order valence-corrected chi connectivity index (χ0v) is 14.1. The third kappa shape index (κ3) is 6.20. The van der Waals surface area contributed by atoms with Crippen molar-refractivity contribution in [2.45, 2.75) is 51.7 Å². The van der Waals surface area contributed by atoms with Gasteiger partial charge in [0.15, 0.2) is 0 Å². The van der Waals surface area contributed by atoms with Gasteiger partial charge in [0.25, 0.3) is 0 Å². The van der Waals surface area contributed by atoms with E-state index in [1.54, 1.807) is 0 Å². The van der Waals surface area contributed by atoms with Gasteiger partial charge in [0.05, 0.1) is 0 Å². The number of carbonyl (C=O) groups excluding carboxylic acids is 1. The summed E-state index contributed by atoms with van der Waals surface area (Å²) in [7, 11) is 0. The van der Waals surface area contributed by atoms with Crippen LogP contribution in [-0.2, 0) is 13.1 Å². The van der Waals surface area contributed by atoms with Gasteiger partial charge < -0.3 is 15.7 Å². The molecule has 1 unspecified atom stereocenters. The minimum atomic E-state index is -0.190. The normalized spacial score (nSPS) is 18.6. The first kappa shape index (κ1) is 17.8. The monoisotopic (exact) mass is 319 g/mol. The summed E-state index contributed by atoms with van der Waals surface area (Å²) in [5, 5.41) is 14.2. The summed E-state index contributed by atoms with van der Waals surface area (Å²) in [6, 6.07) is 8.96. The Labute approximate surface area is 139 Å². The van der Waals surface area contributed by atoms with Gasteiger partial charge in [0, 0.05) is 32.3 Å². The molecule has 0 radical (unpaired) electrons. The van der Waals surface area contributed by atoms with Crippen LogP contribution in [0, 0.1) is 0 Å². The zero-order chi connectivity index (χ0) is 16.5. The van der Waals surface area contributed by atoms with E-state index in [1.807, 2.05) is 0 Å². The molecule has 2 amide bonds. The summed E-state index contributed by atoms with van der Waals surface area (Å²) in [5.41, 5.74) is 2.42. The molecular formula is C18H29N3O2. The third-order valence-corrected chi connectivity index (χ3v) is 4.42. The molecule has 0 aromatic heterocycles. The van der Waals surface area contributed by atoms with Gasteiger partial charge in [-0.15, -0.1) is 0 Å². The molecule has 0 aliphatic carbocycles. The number of aliphatic hydroxyl groups is 1. The molecule has 0 bridgehead atoms. The summed E-state index contributed by atoms with van der Waals surface area (Å²) in [5.74, 6) is 0. The minimum Gasteiger partial charge on any atom is -0.396 e. The molecule has 0 spiro atoms. The lowest BCUT2D eigenvalue weighted by atomic mass is 10.0. The second-order valence-corrected chi connectivity index (χ2v) is 6.32. The minimum absolute atomic E-state index is 0.0946. The number of urea groups is 1. The fourth-order valence-corrected chi connectivity index (χ4v) is 2.92. The Hall–Kier alpha value is -1.59. The summed E-state index contributed by atoms with van der Waals surface area (Å²) in [6.45, 7) is 5.62. The number of nitrogens with zero attached hydrogens (tertiary/aromatic N) is 1. The molecule has 1 saturated heterocycles. The van der Waals surface area contributed by atoms with E-state index in [4.69, 9.17) is 5.11 Å². The van der Waals surface area contributed by atoms with Crippen LogP contribution in [0.15, 0.2) is 24.3 Å². The molecule has 1 aliphatic heterocycles. The number of benzene rings is 1. The molecule has 1 aliphatic rings. The zero-order valence-electron chi connectivity index (χ0n) is 14.1. The average molecular weight is 319 g/mol. The van der Waals surface area contributed by atoms with E-state index in [9.17, 15) is 4.79 Å². The highest BCUT2D eigenvalue weighted by Crippen LogP contribution is 2.19. The molecule has 1 heterocycles. The fourth-order valence-electron chi connectivity index (χ4n) is 2.92. The van der Waals surface area contributed by atoms with Gasteiger partial charge in [-0.1, -0.05) is 30.7 Å². The number of aliphatic hydroxyl groups excluding tert-OH is 1. The first-order chi connectivity index (χ1) is 11.2. The molecule has 2 rings (SSSR count). The molecule has 0 saturated carbocycles. The fraction of sp³-hybridized carbons (Fsp3) is 0.611. The largest absolute Gasteiger partial charge is 0.396 e. The van der Waals surface area contributed by atoms with Crippen LogP contribution in [-0.4, -0.2) is 41.8 Å². The Bertz CT molecular complexity index is 476. The predicted molar refractivity (Wildman–Crippen MR) is 92.1 cm³/mol. The quantitative estimate of drug-likeness (QED) is 0.675. The van der Waals surface area contributed by atoms with E-state index < -0.39 is 0 Å². The lowest BCUT2D eigenvalue weighted by Crippen LogP contribution is -2.36. The van der Waals surface area contributed by atoms with Crippen LogP contribution in [0.1, 0.15) is 43.7 Å². The van der Waals surface area contributed by atoms with Crippen LogP contribution in [0.25, 0.3) is 0 Å². The Morgan fingerprint density at radius 2 is 1.96 bits per heavy atom. The maximum Gasteiger partial charge on any atom is 0.315 e. The summed E-state index contributed by atoms with van der Waals surface area (Å²) in [6.07, 6.45) is 4.53. The van der Waals surface area contributed by atoms with Crippen molar-refractivity contribution in [3.8, 4) is 0 Å². The van der Waals surface area contributed by atoms with E-state index in [1.165, 1.54) is 31.4 Å². The summed E-state index contributed by atoms with van der Waals surface area (Å²) in [4.78, 5) is 14.1. The number of rotatable bonds is 7. The lowest BCUT2D eigenvalue weighted by molar-refractivity contribution is 0.152. The van der Waals surface area contributed by atoms with Gasteiger partial charge in [-0.25, -0.2) is 4.79 Å². The Morgan fingerprint density at radius 1 is 1.22 bits per heavy atom. The molecule has 1 aromatic carbocycles.